The third-order valence-corrected chi connectivity index (χ3v) is 5.04. The van der Waals surface area contributed by atoms with Gasteiger partial charge >= 0.3 is 0 Å². The zero-order chi connectivity index (χ0) is 15.4. The van der Waals surface area contributed by atoms with Crippen molar-refractivity contribution in [3.8, 4) is 0 Å². The fourth-order valence-corrected chi connectivity index (χ4v) is 3.30. The normalized spacial score (nSPS) is 19.1. The summed E-state index contributed by atoms with van der Waals surface area (Å²) in [7, 11) is 0. The highest BCUT2D eigenvalue weighted by Gasteiger charge is 2.23. The predicted molar refractivity (Wildman–Crippen MR) is 89.3 cm³/mol. The van der Waals surface area contributed by atoms with Gasteiger partial charge in [-0.3, -0.25) is 14.9 Å². The van der Waals surface area contributed by atoms with Crippen LogP contribution in [0.15, 0.2) is 18.2 Å². The molecule has 0 radical (unpaired) electrons. The van der Waals surface area contributed by atoms with Crippen LogP contribution in [0, 0.1) is 19.6 Å². The Labute approximate surface area is 138 Å². The molecule has 2 rings (SSSR count). The van der Waals surface area contributed by atoms with E-state index < -0.39 is 4.92 Å². The van der Waals surface area contributed by atoms with E-state index in [1.54, 1.807) is 6.07 Å². The quantitative estimate of drug-likeness (QED) is 0.438. The Morgan fingerprint density at radius 2 is 2.19 bits per heavy atom. The van der Waals surface area contributed by atoms with Crippen molar-refractivity contribution in [2.45, 2.75) is 32.6 Å². The molecule has 5 nitrogen and oxygen atoms in total. The Hall–Kier alpha value is -1.18. The zero-order valence-electron chi connectivity index (χ0n) is 12.0. The minimum Gasteiger partial charge on any atom is -0.339 e. The van der Waals surface area contributed by atoms with Gasteiger partial charge in [0.1, 0.15) is 0 Å². The van der Waals surface area contributed by atoms with Crippen LogP contribution < -0.4 is 0 Å². The summed E-state index contributed by atoms with van der Waals surface area (Å²) in [6, 6.07) is 4.47. The molecule has 1 fully saturated rings. The van der Waals surface area contributed by atoms with Crippen molar-refractivity contribution in [3.05, 3.63) is 37.4 Å². The third kappa shape index (κ3) is 3.93. The summed E-state index contributed by atoms with van der Waals surface area (Å²) in [5.74, 6) is 0.604. The first-order valence-corrected chi connectivity index (χ1v) is 8.34. The number of benzene rings is 1. The number of carbonyl (C=O) groups is 1. The Kier molecular flexibility index (Phi) is 5.55. The number of hydrogen-bond donors (Lipinski definition) is 0. The summed E-state index contributed by atoms with van der Waals surface area (Å²) in [5.41, 5.74) is 0.416. The molecule has 1 unspecified atom stereocenters. The number of carbonyl (C=O) groups excluding carboxylic acids is 1. The van der Waals surface area contributed by atoms with Crippen LogP contribution in [0.3, 0.4) is 0 Å². The van der Waals surface area contributed by atoms with Crippen LogP contribution in [-0.4, -0.2) is 28.8 Å². The fourth-order valence-electron chi connectivity index (χ4n) is 2.74. The SMILES string of the molecule is CCC1CCCN(C(=O)c2cc([N+](=O)[O-])ccc2I)CC1. The van der Waals surface area contributed by atoms with Gasteiger partial charge < -0.3 is 4.90 Å². The number of rotatable bonds is 3. The van der Waals surface area contributed by atoms with Gasteiger partial charge in [-0.2, -0.15) is 0 Å². The van der Waals surface area contributed by atoms with Crippen LogP contribution in [0.4, 0.5) is 5.69 Å². The average molecular weight is 402 g/mol. The molecule has 1 aromatic carbocycles. The molecule has 0 aromatic heterocycles. The third-order valence-electron chi connectivity index (χ3n) is 4.10. The number of likely N-dealkylation sites (tertiary alicyclic amines) is 1. The molecule has 1 aromatic rings. The molecule has 6 heteroatoms. The number of amides is 1. The summed E-state index contributed by atoms with van der Waals surface area (Å²) < 4.78 is 0.763. The van der Waals surface area contributed by atoms with E-state index in [0.717, 1.165) is 42.3 Å². The first kappa shape index (κ1) is 16.2. The van der Waals surface area contributed by atoms with Gasteiger partial charge in [-0.15, -0.1) is 0 Å². The van der Waals surface area contributed by atoms with E-state index in [1.165, 1.54) is 12.1 Å². The maximum absolute atomic E-state index is 12.6. The van der Waals surface area contributed by atoms with Gasteiger partial charge in [-0.1, -0.05) is 13.3 Å². The number of nitrogens with zero attached hydrogens (tertiary/aromatic N) is 2. The summed E-state index contributed by atoms with van der Waals surface area (Å²) in [6.45, 7) is 3.68. The van der Waals surface area contributed by atoms with E-state index in [0.29, 0.717) is 11.5 Å². The van der Waals surface area contributed by atoms with Crippen molar-refractivity contribution < 1.29 is 9.72 Å². The average Bonchev–Trinajstić information content (AvgIpc) is 2.72. The maximum Gasteiger partial charge on any atom is 0.270 e. The van der Waals surface area contributed by atoms with E-state index in [2.05, 4.69) is 29.5 Å². The van der Waals surface area contributed by atoms with E-state index >= 15 is 0 Å². The molecule has 1 aliphatic heterocycles. The lowest BCUT2D eigenvalue weighted by atomic mass is 9.98. The van der Waals surface area contributed by atoms with Gasteiger partial charge in [0.2, 0.25) is 0 Å². The predicted octanol–water partition coefficient (Wildman–Crippen LogP) is 3.85. The summed E-state index contributed by atoms with van der Waals surface area (Å²) in [5, 5.41) is 10.9. The van der Waals surface area contributed by atoms with Gasteiger partial charge in [0.15, 0.2) is 0 Å². The molecular weight excluding hydrogens is 383 g/mol. The van der Waals surface area contributed by atoms with Gasteiger partial charge in [-0.25, -0.2) is 0 Å². The molecule has 0 N–H and O–H groups in total. The minimum absolute atomic E-state index is 0.0278. The van der Waals surface area contributed by atoms with Crippen LogP contribution in [-0.2, 0) is 0 Å². The summed E-state index contributed by atoms with van der Waals surface area (Å²) in [4.78, 5) is 24.9. The zero-order valence-corrected chi connectivity index (χ0v) is 14.2. The molecule has 1 atom stereocenters. The molecule has 0 bridgehead atoms. The first-order chi connectivity index (χ1) is 10.0. The van der Waals surface area contributed by atoms with Gasteiger partial charge in [0, 0.05) is 28.8 Å². The summed E-state index contributed by atoms with van der Waals surface area (Å²) in [6.07, 6.45) is 4.34. The Morgan fingerprint density at radius 3 is 2.86 bits per heavy atom. The molecule has 1 aliphatic rings. The Morgan fingerprint density at radius 1 is 1.43 bits per heavy atom. The van der Waals surface area contributed by atoms with Gasteiger partial charge in [0.25, 0.3) is 11.6 Å². The number of nitro groups is 1. The van der Waals surface area contributed by atoms with Crippen molar-refractivity contribution >= 4 is 34.2 Å². The van der Waals surface area contributed by atoms with E-state index in [4.69, 9.17) is 0 Å². The van der Waals surface area contributed by atoms with Crippen molar-refractivity contribution in [2.75, 3.05) is 13.1 Å². The van der Waals surface area contributed by atoms with Crippen LogP contribution in [0.1, 0.15) is 43.0 Å². The smallest absolute Gasteiger partial charge is 0.270 e. The highest BCUT2D eigenvalue weighted by molar-refractivity contribution is 14.1. The Bertz CT molecular complexity index is 548. The van der Waals surface area contributed by atoms with Crippen molar-refractivity contribution in [2.24, 2.45) is 5.92 Å². The van der Waals surface area contributed by atoms with Crippen molar-refractivity contribution in [3.63, 3.8) is 0 Å². The number of nitro benzene ring substituents is 1. The summed E-state index contributed by atoms with van der Waals surface area (Å²) >= 11 is 2.06. The maximum atomic E-state index is 12.6. The van der Waals surface area contributed by atoms with Gasteiger partial charge in [0.05, 0.1) is 10.5 Å². The lowest BCUT2D eigenvalue weighted by Crippen LogP contribution is -2.32. The Balaban J connectivity index is 2.19. The number of non-ortho nitro benzene ring substituents is 1. The standard InChI is InChI=1S/C15H19IN2O3/c1-2-11-4-3-8-17(9-7-11)15(19)13-10-12(18(20)21)5-6-14(13)16/h5-6,10-11H,2-4,7-9H2,1H3. The highest BCUT2D eigenvalue weighted by atomic mass is 127. The highest BCUT2D eigenvalue weighted by Crippen LogP contribution is 2.24. The van der Waals surface area contributed by atoms with Crippen LogP contribution >= 0.6 is 22.6 Å². The topological polar surface area (TPSA) is 63.5 Å². The molecule has 114 valence electrons. The largest absolute Gasteiger partial charge is 0.339 e. The van der Waals surface area contributed by atoms with E-state index in [9.17, 15) is 14.9 Å². The molecule has 21 heavy (non-hydrogen) atoms. The van der Waals surface area contributed by atoms with Gasteiger partial charge in [-0.05, 0) is 53.8 Å². The number of halogens is 1. The molecule has 1 amide bonds. The fraction of sp³-hybridized carbons (Fsp3) is 0.533. The lowest BCUT2D eigenvalue weighted by molar-refractivity contribution is -0.384. The van der Waals surface area contributed by atoms with Crippen molar-refractivity contribution in [1.82, 2.24) is 4.90 Å². The van der Waals surface area contributed by atoms with E-state index in [-0.39, 0.29) is 11.6 Å². The lowest BCUT2D eigenvalue weighted by Gasteiger charge is -2.21. The molecule has 1 saturated heterocycles. The molecule has 0 saturated carbocycles. The number of hydrogen-bond acceptors (Lipinski definition) is 3. The van der Waals surface area contributed by atoms with Crippen LogP contribution in [0.25, 0.3) is 0 Å². The molecular formula is C15H19IN2O3. The molecule has 1 heterocycles. The minimum atomic E-state index is -0.456. The van der Waals surface area contributed by atoms with Crippen LogP contribution in [0.5, 0.6) is 0 Å². The second-order valence-corrected chi connectivity index (χ2v) is 6.58. The van der Waals surface area contributed by atoms with Crippen LogP contribution in [0.2, 0.25) is 0 Å². The first-order valence-electron chi connectivity index (χ1n) is 7.26. The van der Waals surface area contributed by atoms with E-state index in [1.807, 2.05) is 4.90 Å². The molecule has 0 spiro atoms. The second kappa shape index (κ2) is 7.20. The monoisotopic (exact) mass is 402 g/mol. The second-order valence-electron chi connectivity index (χ2n) is 5.42. The molecule has 0 aliphatic carbocycles. The van der Waals surface area contributed by atoms with Crippen molar-refractivity contribution in [1.29, 1.82) is 0 Å².